The molecule has 0 saturated carbocycles. The van der Waals surface area contributed by atoms with Gasteiger partial charge >= 0.3 is 0 Å². The molecule has 0 aliphatic carbocycles. The minimum Gasteiger partial charge on any atom is -0.507 e. The maximum atomic E-state index is 13.8. The first kappa shape index (κ1) is 34.2. The predicted octanol–water partition coefficient (Wildman–Crippen LogP) is 1.85. The molecule has 1 aliphatic rings. The average Bonchev–Trinajstić information content (AvgIpc) is 3.10. The zero-order valence-corrected chi connectivity index (χ0v) is 26.5. The largest absolute Gasteiger partial charge is 0.507 e. The Kier molecular flexibility index (Phi) is 8.04. The van der Waals surface area contributed by atoms with Gasteiger partial charge in [-0.3, -0.25) is 9.59 Å². The molecule has 0 spiro atoms. The number of aromatic hydroxyl groups is 7. The van der Waals surface area contributed by atoms with Crippen LogP contribution in [-0.2, 0) is 4.74 Å². The Labute approximate surface area is 288 Å². The molecule has 1 fully saturated rings. The van der Waals surface area contributed by atoms with Crippen LogP contribution in [0.2, 0.25) is 0 Å². The van der Waals surface area contributed by atoms with Crippen LogP contribution in [0.4, 0.5) is 0 Å². The number of hydrogen-bond donors (Lipinski definition) is 11. The lowest BCUT2D eigenvalue weighted by Crippen LogP contribution is -2.55. The van der Waals surface area contributed by atoms with Crippen molar-refractivity contribution in [1.82, 2.24) is 0 Å². The zero-order chi connectivity index (χ0) is 37.5. The molecule has 270 valence electrons. The number of phenolic OH excluding ortho intramolecular Hbond substituents is 7. The first-order valence-corrected chi connectivity index (χ1v) is 15.3. The molecule has 6 aromatic rings. The molecule has 2 aromatic heterocycles. The van der Waals surface area contributed by atoms with Crippen molar-refractivity contribution >= 4 is 32.9 Å². The first-order valence-electron chi connectivity index (χ1n) is 15.3. The standard InChI is InChI=1S/C35H28O17/c1-49-11-5-15(39)22-19(6-11)51-33-17(41)7-12(26(42)24(33)29(22)45)21-28(44)25(35-32(48)31(47)27(43)20(9-36)52-35)30(46)23-16(40)8-18(50-34(21)23)10-2-3-13(37)14(38)4-10/h2-8,20,27,31-32,35-39,41-44,46-48H,9H2,1H3/t20-,27-,31+,32+,35-/m0/s1. The minimum absolute atomic E-state index is 0.000776. The second-order valence-corrected chi connectivity index (χ2v) is 12.1. The van der Waals surface area contributed by atoms with Crippen LogP contribution in [0, 0.1) is 0 Å². The van der Waals surface area contributed by atoms with Crippen molar-refractivity contribution in [3.05, 3.63) is 68.5 Å². The molecule has 0 unspecified atom stereocenters. The highest BCUT2D eigenvalue weighted by Gasteiger charge is 2.47. The number of aliphatic hydroxyl groups is 4. The molecule has 17 nitrogen and oxygen atoms in total. The van der Waals surface area contributed by atoms with Crippen LogP contribution in [0.5, 0.6) is 46.0 Å². The van der Waals surface area contributed by atoms with E-state index >= 15 is 0 Å². The number of benzene rings is 4. The number of ether oxygens (including phenoxy) is 2. The van der Waals surface area contributed by atoms with E-state index in [4.69, 9.17) is 18.3 Å². The highest BCUT2D eigenvalue weighted by molar-refractivity contribution is 6.08. The molecule has 0 amide bonds. The van der Waals surface area contributed by atoms with E-state index in [-0.39, 0.29) is 22.7 Å². The molecule has 11 N–H and O–H groups in total. The van der Waals surface area contributed by atoms with E-state index < -0.39 is 132 Å². The van der Waals surface area contributed by atoms with Crippen molar-refractivity contribution < 1.29 is 74.5 Å². The highest BCUT2D eigenvalue weighted by Crippen LogP contribution is 2.53. The molecule has 4 aromatic carbocycles. The van der Waals surface area contributed by atoms with Crippen molar-refractivity contribution in [2.45, 2.75) is 30.5 Å². The number of hydrogen-bond acceptors (Lipinski definition) is 17. The zero-order valence-electron chi connectivity index (χ0n) is 26.5. The second-order valence-electron chi connectivity index (χ2n) is 12.1. The quantitative estimate of drug-likeness (QED) is 0.0688. The number of phenols is 7. The summed E-state index contributed by atoms with van der Waals surface area (Å²) >= 11 is 0. The van der Waals surface area contributed by atoms with E-state index in [0.29, 0.717) is 0 Å². The minimum atomic E-state index is -2.11. The molecule has 1 aliphatic heterocycles. The van der Waals surface area contributed by atoms with Gasteiger partial charge in [0.05, 0.1) is 24.8 Å². The Morgan fingerprint density at radius 2 is 1.42 bits per heavy atom. The van der Waals surface area contributed by atoms with Gasteiger partial charge in [0, 0.05) is 29.3 Å². The number of fused-ring (bicyclic) bond motifs is 3. The third-order valence-electron chi connectivity index (χ3n) is 9.05. The van der Waals surface area contributed by atoms with Crippen LogP contribution in [0.1, 0.15) is 11.7 Å². The van der Waals surface area contributed by atoms with Crippen LogP contribution >= 0.6 is 0 Å². The number of aliphatic hydroxyl groups excluding tert-OH is 4. The normalized spacial score (nSPS) is 20.5. The molecule has 0 radical (unpaired) electrons. The van der Waals surface area contributed by atoms with Crippen molar-refractivity contribution in [3.8, 4) is 68.4 Å². The van der Waals surface area contributed by atoms with Gasteiger partial charge in [0.2, 0.25) is 5.43 Å². The summed E-state index contributed by atoms with van der Waals surface area (Å²) in [5.41, 5.74) is -5.73. The summed E-state index contributed by atoms with van der Waals surface area (Å²) in [7, 11) is 1.29. The smallest absolute Gasteiger partial charge is 0.208 e. The lowest BCUT2D eigenvalue weighted by molar-refractivity contribution is -0.232. The van der Waals surface area contributed by atoms with E-state index in [9.17, 15) is 65.8 Å². The lowest BCUT2D eigenvalue weighted by atomic mass is 9.87. The highest BCUT2D eigenvalue weighted by atomic mass is 16.5. The summed E-state index contributed by atoms with van der Waals surface area (Å²) < 4.78 is 22.3. The molecule has 3 heterocycles. The Morgan fingerprint density at radius 3 is 2.10 bits per heavy atom. The van der Waals surface area contributed by atoms with Gasteiger partial charge < -0.3 is 74.5 Å². The molecule has 7 rings (SSSR count). The lowest BCUT2D eigenvalue weighted by Gasteiger charge is -2.40. The van der Waals surface area contributed by atoms with Gasteiger partial charge in [-0.2, -0.15) is 0 Å². The van der Waals surface area contributed by atoms with Gasteiger partial charge in [0.1, 0.15) is 86.8 Å². The van der Waals surface area contributed by atoms with E-state index in [2.05, 4.69) is 0 Å². The van der Waals surface area contributed by atoms with Gasteiger partial charge in [-0.05, 0) is 24.3 Å². The van der Waals surface area contributed by atoms with Gasteiger partial charge in [-0.25, -0.2) is 0 Å². The Bertz CT molecular complexity index is 2570. The molecule has 1 saturated heterocycles. The van der Waals surface area contributed by atoms with Crippen molar-refractivity contribution in [3.63, 3.8) is 0 Å². The average molecular weight is 721 g/mol. The molecule has 52 heavy (non-hydrogen) atoms. The summed E-state index contributed by atoms with van der Waals surface area (Å²) in [6.45, 7) is -0.907. The topological polar surface area (TPSA) is 301 Å². The first-order chi connectivity index (χ1) is 24.7. The molecule has 0 bridgehead atoms. The Balaban J connectivity index is 1.62. The van der Waals surface area contributed by atoms with Crippen molar-refractivity contribution in [2.24, 2.45) is 0 Å². The van der Waals surface area contributed by atoms with Crippen molar-refractivity contribution in [1.29, 1.82) is 0 Å². The predicted molar refractivity (Wildman–Crippen MR) is 178 cm³/mol. The molecule has 17 heteroatoms. The van der Waals surface area contributed by atoms with Crippen LogP contribution < -0.4 is 15.6 Å². The Hall–Kier alpha value is -6.24. The maximum absolute atomic E-state index is 13.8. The maximum Gasteiger partial charge on any atom is 0.208 e. The van der Waals surface area contributed by atoms with Crippen molar-refractivity contribution in [2.75, 3.05) is 13.7 Å². The number of methoxy groups -OCH3 is 1. The second kappa shape index (κ2) is 12.2. The van der Waals surface area contributed by atoms with Crippen LogP contribution in [0.15, 0.2) is 60.9 Å². The SMILES string of the molecule is COc1cc(O)c2c(=O)c3c(O)c(-c4c(O)c([C@@H]5O[C@@H](CO)[C@H](O)[C@@H](O)[C@H]5O)c(O)c5c(=O)cc(-c6ccc(O)c(O)c6)oc45)cc(O)c3oc2c1. The fraction of sp³-hybridized carbons (Fsp3) is 0.200. The fourth-order valence-corrected chi connectivity index (χ4v) is 6.44. The Morgan fingerprint density at radius 1 is 0.692 bits per heavy atom. The van der Waals surface area contributed by atoms with E-state index in [1.165, 1.54) is 19.2 Å². The molecular weight excluding hydrogens is 692 g/mol. The monoisotopic (exact) mass is 720 g/mol. The van der Waals surface area contributed by atoms with E-state index in [1.54, 1.807) is 0 Å². The van der Waals surface area contributed by atoms with Gasteiger partial charge in [-0.15, -0.1) is 0 Å². The summed E-state index contributed by atoms with van der Waals surface area (Å²) in [4.78, 5) is 27.6. The van der Waals surface area contributed by atoms with Crippen LogP contribution in [0.3, 0.4) is 0 Å². The summed E-state index contributed by atoms with van der Waals surface area (Å²) in [6, 6.07) is 7.36. The summed E-state index contributed by atoms with van der Waals surface area (Å²) in [5.74, 6) is -5.97. The number of rotatable bonds is 5. The van der Waals surface area contributed by atoms with Gasteiger partial charge in [0.25, 0.3) is 0 Å². The molecular formula is C35H28O17. The third kappa shape index (κ3) is 4.98. The van der Waals surface area contributed by atoms with Gasteiger partial charge in [-0.1, -0.05) is 0 Å². The van der Waals surface area contributed by atoms with E-state index in [1.807, 2.05) is 0 Å². The van der Waals surface area contributed by atoms with Crippen LogP contribution in [-0.4, -0.2) is 94.3 Å². The third-order valence-corrected chi connectivity index (χ3v) is 9.05. The summed E-state index contributed by atoms with van der Waals surface area (Å²) in [5, 5.41) is 117. The fourth-order valence-electron chi connectivity index (χ4n) is 6.44. The van der Waals surface area contributed by atoms with E-state index in [0.717, 1.165) is 30.3 Å². The van der Waals surface area contributed by atoms with Gasteiger partial charge in [0.15, 0.2) is 33.8 Å². The van der Waals surface area contributed by atoms with Crippen LogP contribution in [0.25, 0.3) is 55.4 Å². The summed E-state index contributed by atoms with van der Waals surface area (Å²) in [6.07, 6.45) is -9.50. The molecule has 5 atom stereocenters.